The largest absolute Gasteiger partial charge is 0.426 e. The van der Waals surface area contributed by atoms with E-state index in [1.807, 2.05) is 6.07 Å². The van der Waals surface area contributed by atoms with E-state index < -0.39 is 10.9 Å². The Hall–Kier alpha value is -4.04. The summed E-state index contributed by atoms with van der Waals surface area (Å²) in [6, 6.07) is 21.0. The number of thioether (sulfide) groups is 1. The van der Waals surface area contributed by atoms with E-state index in [2.05, 4.69) is 0 Å². The number of Topliss-reactive ketones (excluding diaryl/α,β-unsaturated/α-hetero) is 1. The van der Waals surface area contributed by atoms with Gasteiger partial charge in [-0.25, -0.2) is 4.79 Å². The molecule has 0 atom stereocenters. The van der Waals surface area contributed by atoms with Crippen LogP contribution in [0.25, 0.3) is 0 Å². The zero-order valence-corrected chi connectivity index (χ0v) is 18.7. The van der Waals surface area contributed by atoms with Crippen molar-refractivity contribution in [2.24, 2.45) is 0 Å². The molecule has 0 spiro atoms. The van der Waals surface area contributed by atoms with Crippen molar-refractivity contribution in [2.75, 3.05) is 0 Å². The summed E-state index contributed by atoms with van der Waals surface area (Å²) in [5.74, 6) is -0.844. The zero-order chi connectivity index (χ0) is 24.1. The molecule has 1 aliphatic rings. The molecule has 0 fully saturated rings. The number of nitro benzene ring substituents is 1. The van der Waals surface area contributed by atoms with E-state index in [9.17, 15) is 24.5 Å². The average Bonchev–Trinajstić information content (AvgIpc) is 2.86. The van der Waals surface area contributed by atoms with Crippen molar-refractivity contribution in [1.29, 1.82) is 0 Å². The zero-order valence-electron chi connectivity index (χ0n) is 17.9. The third-order valence-electron chi connectivity index (χ3n) is 5.22. The van der Waals surface area contributed by atoms with E-state index in [0.717, 1.165) is 11.8 Å². The highest BCUT2D eigenvalue weighted by Crippen LogP contribution is 2.40. The number of nitro groups is 1. The fraction of sp³-hybridized carbons (Fsp3) is 0.115. The Bertz CT molecular complexity index is 1300. The maximum Gasteiger partial charge on any atom is 0.343 e. The molecule has 0 N–H and O–H groups in total. The molecule has 170 valence electrons. The summed E-state index contributed by atoms with van der Waals surface area (Å²) in [7, 11) is 0. The van der Waals surface area contributed by atoms with Gasteiger partial charge in [0.25, 0.3) is 5.69 Å². The highest BCUT2D eigenvalue weighted by atomic mass is 32.2. The number of esters is 1. The van der Waals surface area contributed by atoms with E-state index in [-0.39, 0.29) is 39.9 Å². The minimum absolute atomic E-state index is 0.122. The number of rotatable bonds is 7. The second-order valence-electron chi connectivity index (χ2n) is 7.52. The first kappa shape index (κ1) is 23.1. The predicted octanol–water partition coefficient (Wildman–Crippen LogP) is 5.74. The van der Waals surface area contributed by atoms with E-state index in [4.69, 9.17) is 4.74 Å². The maximum absolute atomic E-state index is 12.8. The summed E-state index contributed by atoms with van der Waals surface area (Å²) in [6.07, 6.45) is 1.16. The number of ether oxygens (including phenoxy) is 1. The van der Waals surface area contributed by atoms with E-state index in [0.29, 0.717) is 28.9 Å². The summed E-state index contributed by atoms with van der Waals surface area (Å²) >= 11 is 0.943. The van der Waals surface area contributed by atoms with Gasteiger partial charge in [-0.15, -0.1) is 0 Å². The molecule has 0 radical (unpaired) electrons. The average molecular weight is 474 g/mol. The van der Waals surface area contributed by atoms with Crippen molar-refractivity contribution in [1.82, 2.24) is 0 Å². The van der Waals surface area contributed by atoms with Gasteiger partial charge in [-0.1, -0.05) is 66.4 Å². The molecular formula is C26H19NO6S. The van der Waals surface area contributed by atoms with Gasteiger partial charge in [0.2, 0.25) is 0 Å². The lowest BCUT2D eigenvalue weighted by atomic mass is 10.0. The molecule has 3 aromatic carbocycles. The van der Waals surface area contributed by atoms with E-state index in [1.54, 1.807) is 54.6 Å². The van der Waals surface area contributed by atoms with Crippen molar-refractivity contribution in [2.45, 2.75) is 24.2 Å². The van der Waals surface area contributed by atoms with Crippen LogP contribution in [0, 0.1) is 10.1 Å². The second-order valence-corrected chi connectivity index (χ2v) is 8.57. The second kappa shape index (κ2) is 10.3. The summed E-state index contributed by atoms with van der Waals surface area (Å²) in [5.41, 5.74) is 1.08. The van der Waals surface area contributed by atoms with Crippen molar-refractivity contribution >= 4 is 35.0 Å². The molecule has 4 rings (SSSR count). The topological polar surface area (TPSA) is 104 Å². The van der Waals surface area contributed by atoms with Gasteiger partial charge in [-0.2, -0.15) is 0 Å². The standard InChI is InChI=1S/C26H19NO6S/c28-21-10-6-11-22(25(21)34-23-12-5-4-9-20(23)27(31)32)33-26(30)19-15-13-18(14-16-19)24(29)17-7-2-1-3-8-17/h1-5,7-9,12-16H,6,10-11H2. The Morgan fingerprint density at radius 2 is 1.44 bits per heavy atom. The Labute approximate surface area is 199 Å². The van der Waals surface area contributed by atoms with E-state index >= 15 is 0 Å². The lowest BCUT2D eigenvalue weighted by Gasteiger charge is -2.18. The molecule has 3 aromatic rings. The van der Waals surface area contributed by atoms with Gasteiger partial charge < -0.3 is 4.74 Å². The first-order valence-electron chi connectivity index (χ1n) is 10.5. The minimum atomic E-state index is -0.663. The SMILES string of the molecule is O=C1CCCC(OC(=O)c2ccc(C(=O)c3ccccc3)cc2)=C1Sc1ccccc1[N+](=O)[O-]. The van der Waals surface area contributed by atoms with Gasteiger partial charge >= 0.3 is 5.97 Å². The third-order valence-corrected chi connectivity index (χ3v) is 6.45. The smallest absolute Gasteiger partial charge is 0.343 e. The molecule has 0 aliphatic heterocycles. The molecular weight excluding hydrogens is 454 g/mol. The van der Waals surface area contributed by atoms with Crippen molar-refractivity contribution in [3.8, 4) is 0 Å². The molecule has 0 heterocycles. The van der Waals surface area contributed by atoms with Gasteiger partial charge in [-0.05, 0) is 24.6 Å². The van der Waals surface area contributed by atoms with Gasteiger partial charge in [0.05, 0.1) is 20.3 Å². The highest BCUT2D eigenvalue weighted by molar-refractivity contribution is 8.04. The highest BCUT2D eigenvalue weighted by Gasteiger charge is 2.27. The van der Waals surface area contributed by atoms with Crippen LogP contribution in [0.2, 0.25) is 0 Å². The van der Waals surface area contributed by atoms with Crippen LogP contribution in [0.1, 0.15) is 45.5 Å². The Kier molecular flexibility index (Phi) is 6.98. The summed E-state index contributed by atoms with van der Waals surface area (Å²) < 4.78 is 5.56. The normalized spacial score (nSPS) is 13.5. The third kappa shape index (κ3) is 5.13. The molecule has 1 aliphatic carbocycles. The molecule has 0 saturated carbocycles. The van der Waals surface area contributed by atoms with Crippen molar-refractivity contribution < 1.29 is 24.0 Å². The number of nitrogens with zero attached hydrogens (tertiary/aromatic N) is 1. The first-order chi connectivity index (χ1) is 16.4. The maximum atomic E-state index is 12.8. The molecule has 7 nitrogen and oxygen atoms in total. The predicted molar refractivity (Wildman–Crippen MR) is 127 cm³/mol. The molecule has 0 amide bonds. The molecule has 34 heavy (non-hydrogen) atoms. The summed E-state index contributed by atoms with van der Waals surface area (Å²) in [4.78, 5) is 49.2. The van der Waals surface area contributed by atoms with Gasteiger partial charge in [0.15, 0.2) is 11.6 Å². The number of carbonyl (C=O) groups excluding carboxylic acids is 3. The van der Waals surface area contributed by atoms with Crippen LogP contribution in [0.4, 0.5) is 5.69 Å². The van der Waals surface area contributed by atoms with Crippen LogP contribution in [0.3, 0.4) is 0 Å². The molecule has 0 aromatic heterocycles. The number of ketones is 2. The van der Waals surface area contributed by atoms with Crippen LogP contribution in [0.5, 0.6) is 0 Å². The number of carbonyl (C=O) groups is 3. The summed E-state index contributed by atoms with van der Waals surface area (Å²) in [5, 5.41) is 11.3. The molecule has 0 bridgehead atoms. The van der Waals surface area contributed by atoms with Gasteiger partial charge in [0, 0.05) is 30.0 Å². The molecule has 0 saturated heterocycles. The number of hydrogen-bond donors (Lipinski definition) is 0. The Morgan fingerprint density at radius 1 is 0.824 bits per heavy atom. The molecule has 8 heteroatoms. The van der Waals surface area contributed by atoms with E-state index in [1.165, 1.54) is 18.2 Å². The van der Waals surface area contributed by atoms with Crippen LogP contribution in [0.15, 0.2) is 94.4 Å². The number of hydrogen-bond acceptors (Lipinski definition) is 7. The van der Waals surface area contributed by atoms with Crippen LogP contribution in [-0.2, 0) is 9.53 Å². The lowest BCUT2D eigenvalue weighted by Crippen LogP contribution is -2.15. The van der Waals surface area contributed by atoms with Crippen LogP contribution < -0.4 is 0 Å². The Morgan fingerprint density at radius 3 is 2.15 bits per heavy atom. The number of allylic oxidation sites excluding steroid dienone is 2. The fourth-order valence-corrected chi connectivity index (χ4v) is 4.58. The monoisotopic (exact) mass is 473 g/mol. The fourth-order valence-electron chi connectivity index (χ4n) is 3.49. The van der Waals surface area contributed by atoms with Gasteiger partial charge in [-0.3, -0.25) is 19.7 Å². The van der Waals surface area contributed by atoms with Crippen LogP contribution in [-0.4, -0.2) is 22.5 Å². The Balaban J connectivity index is 1.55. The molecule has 0 unspecified atom stereocenters. The van der Waals surface area contributed by atoms with Crippen molar-refractivity contribution in [3.63, 3.8) is 0 Å². The number of benzene rings is 3. The van der Waals surface area contributed by atoms with Crippen molar-refractivity contribution in [3.05, 3.63) is 116 Å². The lowest BCUT2D eigenvalue weighted by molar-refractivity contribution is -0.387. The van der Waals surface area contributed by atoms with Gasteiger partial charge in [0.1, 0.15) is 5.76 Å². The number of para-hydroxylation sites is 1. The minimum Gasteiger partial charge on any atom is -0.426 e. The quantitative estimate of drug-likeness (QED) is 0.187. The first-order valence-corrected chi connectivity index (χ1v) is 11.4. The summed E-state index contributed by atoms with van der Waals surface area (Å²) in [6.45, 7) is 0. The van der Waals surface area contributed by atoms with Crippen LogP contribution >= 0.6 is 11.8 Å².